The van der Waals surface area contributed by atoms with Gasteiger partial charge in [0.1, 0.15) is 5.82 Å². The zero-order valence-electron chi connectivity index (χ0n) is 17.4. The van der Waals surface area contributed by atoms with Gasteiger partial charge < -0.3 is 14.8 Å². The molecular weight excluding hydrogens is 425 g/mol. The average Bonchev–Trinajstić information content (AvgIpc) is 3.21. The summed E-state index contributed by atoms with van der Waals surface area (Å²) in [6.45, 7) is 2.45. The summed E-state index contributed by atoms with van der Waals surface area (Å²) < 4.78 is 15.7. The zero-order chi connectivity index (χ0) is 22.2. The van der Waals surface area contributed by atoms with E-state index in [1.54, 1.807) is 4.90 Å². The molecule has 1 aliphatic rings. The first kappa shape index (κ1) is 20.3. The molecule has 4 nitrogen and oxygen atoms in total. The van der Waals surface area contributed by atoms with Crippen LogP contribution in [0, 0.1) is 12.7 Å². The fraction of sp³-hybridized carbons (Fsp3) is 0.115. The SMILES string of the molecule is Cc1ccc([C@@H]2c3cccn3-c3ccccc3CN2C(=O)Nc2ccc(F)c(Cl)c2)cc1. The number of rotatable bonds is 2. The predicted octanol–water partition coefficient (Wildman–Crippen LogP) is 6.72. The van der Waals surface area contributed by atoms with E-state index < -0.39 is 5.82 Å². The molecule has 32 heavy (non-hydrogen) atoms. The standard InChI is InChI=1S/C26H21ClFN3O/c1-17-8-10-18(11-9-17)25-24-7-4-14-30(24)23-6-3-2-5-19(23)16-31(25)26(32)29-20-12-13-22(28)21(27)15-20/h2-15,25H,16H2,1H3,(H,29,32)/t25-/m1/s1. The van der Waals surface area contributed by atoms with Crippen LogP contribution >= 0.6 is 11.6 Å². The predicted molar refractivity (Wildman–Crippen MR) is 125 cm³/mol. The monoisotopic (exact) mass is 445 g/mol. The van der Waals surface area contributed by atoms with E-state index in [1.165, 1.54) is 18.2 Å². The Kier molecular flexibility index (Phi) is 5.19. The Morgan fingerprint density at radius 3 is 2.59 bits per heavy atom. The van der Waals surface area contributed by atoms with E-state index in [1.807, 2.05) is 43.5 Å². The summed E-state index contributed by atoms with van der Waals surface area (Å²) in [5.74, 6) is -0.524. The molecule has 0 saturated heterocycles. The molecule has 0 spiro atoms. The molecule has 6 heteroatoms. The zero-order valence-corrected chi connectivity index (χ0v) is 18.2. The number of carbonyl (C=O) groups excluding carboxylic acids is 1. The van der Waals surface area contributed by atoms with Crippen LogP contribution in [0.15, 0.2) is 85.1 Å². The highest BCUT2D eigenvalue weighted by Crippen LogP contribution is 2.37. The van der Waals surface area contributed by atoms with Crippen LogP contribution in [0.25, 0.3) is 5.69 Å². The molecule has 0 bridgehead atoms. The van der Waals surface area contributed by atoms with E-state index in [9.17, 15) is 9.18 Å². The molecule has 2 heterocycles. The van der Waals surface area contributed by atoms with Crippen molar-refractivity contribution in [1.82, 2.24) is 9.47 Å². The number of halogens is 2. The maximum absolute atomic E-state index is 13.6. The number of nitrogens with zero attached hydrogens (tertiary/aromatic N) is 2. The van der Waals surface area contributed by atoms with Gasteiger partial charge in [-0.15, -0.1) is 0 Å². The van der Waals surface area contributed by atoms with Gasteiger partial charge in [0.2, 0.25) is 0 Å². The van der Waals surface area contributed by atoms with Gasteiger partial charge in [-0.3, -0.25) is 0 Å². The molecule has 0 fully saturated rings. The van der Waals surface area contributed by atoms with E-state index in [4.69, 9.17) is 11.6 Å². The number of benzene rings is 3. The molecule has 0 saturated carbocycles. The van der Waals surface area contributed by atoms with Crippen molar-refractivity contribution in [3.05, 3.63) is 118 Å². The van der Waals surface area contributed by atoms with Crippen LogP contribution in [0.1, 0.15) is 28.4 Å². The fourth-order valence-electron chi connectivity index (χ4n) is 4.21. The second-order valence-electron chi connectivity index (χ2n) is 7.93. The Balaban J connectivity index is 1.61. The molecule has 0 unspecified atom stereocenters. The number of fused-ring (bicyclic) bond motifs is 3. The maximum atomic E-state index is 13.6. The minimum atomic E-state index is -0.524. The van der Waals surface area contributed by atoms with Crippen molar-refractivity contribution in [2.24, 2.45) is 0 Å². The summed E-state index contributed by atoms with van der Waals surface area (Å²) >= 11 is 5.92. The summed E-state index contributed by atoms with van der Waals surface area (Å²) in [4.78, 5) is 15.4. The quantitative estimate of drug-likeness (QED) is 0.365. The lowest BCUT2D eigenvalue weighted by Gasteiger charge is -2.31. The number of urea groups is 1. The van der Waals surface area contributed by atoms with Crippen molar-refractivity contribution in [2.45, 2.75) is 19.5 Å². The molecule has 1 atom stereocenters. The number of hydrogen-bond acceptors (Lipinski definition) is 1. The van der Waals surface area contributed by atoms with Gasteiger partial charge in [0.25, 0.3) is 0 Å². The largest absolute Gasteiger partial charge is 0.322 e. The van der Waals surface area contributed by atoms with Gasteiger partial charge in [-0.1, -0.05) is 59.6 Å². The van der Waals surface area contributed by atoms with Crippen LogP contribution in [0.2, 0.25) is 5.02 Å². The second-order valence-corrected chi connectivity index (χ2v) is 8.34. The number of amides is 2. The first-order valence-corrected chi connectivity index (χ1v) is 10.7. The van der Waals surface area contributed by atoms with E-state index >= 15 is 0 Å². The highest BCUT2D eigenvalue weighted by atomic mass is 35.5. The lowest BCUT2D eigenvalue weighted by atomic mass is 10.0. The van der Waals surface area contributed by atoms with Crippen molar-refractivity contribution < 1.29 is 9.18 Å². The van der Waals surface area contributed by atoms with E-state index in [2.05, 4.69) is 40.2 Å². The van der Waals surface area contributed by atoms with Crippen LogP contribution in [0.5, 0.6) is 0 Å². The van der Waals surface area contributed by atoms with Gasteiger partial charge >= 0.3 is 6.03 Å². The number of hydrogen-bond donors (Lipinski definition) is 1. The van der Waals surface area contributed by atoms with Crippen LogP contribution < -0.4 is 5.32 Å². The number of anilines is 1. The van der Waals surface area contributed by atoms with Gasteiger partial charge in [0, 0.05) is 17.6 Å². The van der Waals surface area contributed by atoms with Gasteiger partial charge in [0.15, 0.2) is 0 Å². The van der Waals surface area contributed by atoms with Crippen LogP contribution in [0.4, 0.5) is 14.9 Å². The van der Waals surface area contributed by atoms with E-state index in [0.29, 0.717) is 12.2 Å². The van der Waals surface area contributed by atoms with Gasteiger partial charge in [0.05, 0.1) is 23.3 Å². The highest BCUT2D eigenvalue weighted by Gasteiger charge is 2.33. The molecule has 2 amide bonds. The van der Waals surface area contributed by atoms with Crippen molar-refractivity contribution in [3.8, 4) is 5.69 Å². The minimum absolute atomic E-state index is 0.0343. The lowest BCUT2D eigenvalue weighted by Crippen LogP contribution is -2.37. The Bertz CT molecular complexity index is 1300. The average molecular weight is 446 g/mol. The molecule has 5 rings (SSSR count). The summed E-state index contributed by atoms with van der Waals surface area (Å²) in [6, 6.07) is 23.9. The highest BCUT2D eigenvalue weighted by molar-refractivity contribution is 6.31. The molecule has 1 N–H and O–H groups in total. The Morgan fingerprint density at radius 1 is 1.03 bits per heavy atom. The third-order valence-electron chi connectivity index (χ3n) is 5.79. The molecule has 1 aromatic heterocycles. The summed E-state index contributed by atoms with van der Waals surface area (Å²) in [5, 5.41) is 2.86. The third kappa shape index (κ3) is 3.65. The minimum Gasteiger partial charge on any atom is -0.318 e. The maximum Gasteiger partial charge on any atom is 0.322 e. The Hall–Kier alpha value is -3.57. The van der Waals surface area contributed by atoms with Crippen molar-refractivity contribution in [2.75, 3.05) is 5.32 Å². The summed E-state index contributed by atoms with van der Waals surface area (Å²) in [6.07, 6.45) is 2.02. The first-order chi connectivity index (χ1) is 15.5. The second kappa shape index (κ2) is 8.17. The molecule has 3 aromatic carbocycles. The smallest absolute Gasteiger partial charge is 0.318 e. The Morgan fingerprint density at radius 2 is 1.81 bits per heavy atom. The van der Waals surface area contributed by atoms with Crippen molar-refractivity contribution >= 4 is 23.3 Å². The number of nitrogens with one attached hydrogen (secondary N) is 1. The molecule has 0 aliphatic carbocycles. The lowest BCUT2D eigenvalue weighted by molar-refractivity contribution is 0.194. The summed E-state index contributed by atoms with van der Waals surface area (Å²) in [7, 11) is 0. The molecule has 4 aromatic rings. The molecule has 1 aliphatic heterocycles. The number of carbonyl (C=O) groups is 1. The van der Waals surface area contributed by atoms with Crippen LogP contribution in [0.3, 0.4) is 0 Å². The summed E-state index contributed by atoms with van der Waals surface area (Å²) in [5.41, 5.74) is 5.67. The van der Waals surface area contributed by atoms with E-state index in [0.717, 1.165) is 28.1 Å². The van der Waals surface area contributed by atoms with Gasteiger partial charge in [-0.05, 0) is 54.4 Å². The van der Waals surface area contributed by atoms with Crippen LogP contribution in [-0.2, 0) is 6.54 Å². The molecule has 160 valence electrons. The number of aryl methyl sites for hydroxylation is 1. The number of aromatic nitrogens is 1. The topological polar surface area (TPSA) is 37.3 Å². The van der Waals surface area contributed by atoms with Crippen molar-refractivity contribution in [3.63, 3.8) is 0 Å². The fourth-order valence-corrected chi connectivity index (χ4v) is 4.39. The van der Waals surface area contributed by atoms with E-state index in [-0.39, 0.29) is 17.1 Å². The third-order valence-corrected chi connectivity index (χ3v) is 6.08. The molecular formula is C26H21ClFN3O. The van der Waals surface area contributed by atoms with Crippen molar-refractivity contribution in [1.29, 1.82) is 0 Å². The first-order valence-electron chi connectivity index (χ1n) is 10.4. The van der Waals surface area contributed by atoms with Gasteiger partial charge in [-0.2, -0.15) is 0 Å². The van der Waals surface area contributed by atoms with Gasteiger partial charge in [-0.25, -0.2) is 9.18 Å². The normalized spacial score (nSPS) is 15.0. The number of para-hydroxylation sites is 1. The molecule has 0 radical (unpaired) electrons. The van der Waals surface area contributed by atoms with Crippen LogP contribution in [-0.4, -0.2) is 15.5 Å². The Labute approximate surface area is 190 Å².